The van der Waals surface area contributed by atoms with Crippen LogP contribution in [-0.4, -0.2) is 154 Å². The van der Waals surface area contributed by atoms with E-state index in [2.05, 4.69) is 61.5 Å². The average Bonchev–Trinajstić information content (AvgIpc) is 3.58. The van der Waals surface area contributed by atoms with Gasteiger partial charge in [-0.25, -0.2) is 0 Å². The number of hydrogen-bond acceptors (Lipinski definition) is 11. The van der Waals surface area contributed by atoms with Crippen molar-refractivity contribution in [3.63, 3.8) is 0 Å². The number of rotatable bonds is 38. The fraction of sp³-hybridized carbons (Fsp3) is 0.921. The van der Waals surface area contributed by atoms with Gasteiger partial charge in [0.25, 0.3) is 0 Å². The van der Waals surface area contributed by atoms with Gasteiger partial charge in [0.1, 0.15) is 6.67 Å². The summed E-state index contributed by atoms with van der Waals surface area (Å²) in [4.78, 5) is 6.85. The molecule has 1 rings (SSSR count). The molecular formula is C38H78Br2N3O8Pd-2. The molecule has 0 unspecified atom stereocenters. The van der Waals surface area contributed by atoms with Crippen LogP contribution in [0.3, 0.4) is 0 Å². The number of nitrogens with zero attached hydrogens (tertiary/aromatic N) is 3. The predicted octanol–water partition coefficient (Wildman–Crippen LogP) is 0.232. The van der Waals surface area contributed by atoms with E-state index in [1.807, 2.05) is 0 Å². The first kappa shape index (κ1) is 59.3. The monoisotopic (exact) mass is 968 g/mol. The Kier molecular flexibility index (Phi) is 58.8. The van der Waals surface area contributed by atoms with Gasteiger partial charge in [-0.05, 0) is 26.1 Å². The van der Waals surface area contributed by atoms with Crippen LogP contribution < -0.4 is 34.0 Å². The third kappa shape index (κ3) is 45.0. The van der Waals surface area contributed by atoms with Gasteiger partial charge in [0.15, 0.2) is 0 Å². The smallest absolute Gasteiger partial charge is 0.141 e. The van der Waals surface area contributed by atoms with E-state index in [0.717, 1.165) is 13.1 Å². The summed E-state index contributed by atoms with van der Waals surface area (Å²) in [5.41, 5.74) is 0. The second-order valence-electron chi connectivity index (χ2n) is 12.0. The van der Waals surface area contributed by atoms with Gasteiger partial charge in [0.2, 0.25) is 0 Å². The molecule has 0 atom stereocenters. The molecule has 0 amide bonds. The van der Waals surface area contributed by atoms with Crippen molar-refractivity contribution in [1.29, 1.82) is 0 Å². The Labute approximate surface area is 355 Å². The van der Waals surface area contributed by atoms with Gasteiger partial charge in [0.05, 0.1) is 99.1 Å². The Morgan fingerprint density at radius 1 is 0.404 bits per heavy atom. The summed E-state index contributed by atoms with van der Waals surface area (Å²) in [5, 5.41) is 0. The number of unbranched alkanes of at least 4 members (excludes halogenated alkanes) is 9. The zero-order chi connectivity index (χ0) is 35.7. The first-order valence-corrected chi connectivity index (χ1v) is 19.5. The van der Waals surface area contributed by atoms with Crippen molar-refractivity contribution in [3.8, 4) is 0 Å². The summed E-state index contributed by atoms with van der Waals surface area (Å²) in [6.07, 6.45) is 18.0. The molecule has 0 aromatic heterocycles. The molecule has 0 saturated carbocycles. The SMILES string of the molecule is CCCCCCCCCCCCN1[CH]N(CCOCCOCCOCCOCCOCCOCCOCCOC)C=C1.CCN(CC)CC.[Br-].[Br-].[Pd]. The molecule has 1 radical (unpaired) electrons. The average molecular weight is 971 g/mol. The van der Waals surface area contributed by atoms with Crippen LogP contribution in [0.2, 0.25) is 0 Å². The van der Waals surface area contributed by atoms with E-state index in [1.165, 1.54) is 83.8 Å². The van der Waals surface area contributed by atoms with Crippen LogP contribution in [0.15, 0.2) is 12.4 Å². The van der Waals surface area contributed by atoms with E-state index in [0.29, 0.717) is 99.1 Å². The van der Waals surface area contributed by atoms with E-state index in [9.17, 15) is 0 Å². The van der Waals surface area contributed by atoms with Crippen LogP contribution in [0.5, 0.6) is 0 Å². The molecule has 0 N–H and O–H groups in total. The summed E-state index contributed by atoms with van der Waals surface area (Å²) < 4.78 is 43.4. The quantitative estimate of drug-likeness (QED) is 0.0631. The molecule has 14 heteroatoms. The normalized spacial score (nSPS) is 12.0. The van der Waals surface area contributed by atoms with Crippen LogP contribution in [0, 0.1) is 6.67 Å². The first-order chi connectivity index (χ1) is 24.2. The summed E-state index contributed by atoms with van der Waals surface area (Å²) in [6.45, 7) is 25.1. The minimum absolute atomic E-state index is 0. The van der Waals surface area contributed by atoms with Crippen molar-refractivity contribution in [1.82, 2.24) is 14.7 Å². The molecule has 0 spiro atoms. The molecule has 52 heavy (non-hydrogen) atoms. The van der Waals surface area contributed by atoms with E-state index in [-0.39, 0.29) is 54.4 Å². The van der Waals surface area contributed by atoms with Crippen molar-refractivity contribution in [2.24, 2.45) is 0 Å². The molecule has 0 bridgehead atoms. The fourth-order valence-electron chi connectivity index (χ4n) is 4.89. The fourth-order valence-corrected chi connectivity index (χ4v) is 4.89. The van der Waals surface area contributed by atoms with Gasteiger partial charge in [-0.3, -0.25) is 0 Å². The second-order valence-corrected chi connectivity index (χ2v) is 12.0. The molecule has 11 nitrogen and oxygen atoms in total. The zero-order valence-corrected chi connectivity index (χ0v) is 38.4. The maximum absolute atomic E-state index is 5.71. The Balaban J connectivity index is -0.00000104. The number of ether oxygens (including phenoxy) is 8. The maximum Gasteiger partial charge on any atom is 0.141 e. The summed E-state index contributed by atoms with van der Waals surface area (Å²) in [7, 11) is 1.65. The summed E-state index contributed by atoms with van der Waals surface area (Å²) >= 11 is 0. The number of hydrogen-bond donors (Lipinski definition) is 0. The third-order valence-electron chi connectivity index (χ3n) is 8.02. The Hall–Kier alpha value is 0.602. The van der Waals surface area contributed by atoms with Crippen LogP contribution in [0.25, 0.3) is 0 Å². The third-order valence-corrected chi connectivity index (χ3v) is 8.02. The standard InChI is InChI=1S/C32H63N2O8.C6H15N.2BrH.Pd/c1-3-4-5-6-7-8-9-10-11-12-13-33-14-15-34(32-33)16-17-36-20-21-38-24-25-40-28-29-42-31-30-41-27-26-39-23-22-37-19-18-35-2;1-4-7(5-2)6-3;;;/h14-15,32H,3-13,16-31H2,1-2H3;4-6H2,1-3H3;2*1H;/p-2. The predicted molar refractivity (Wildman–Crippen MR) is 200 cm³/mol. The largest absolute Gasteiger partial charge is 1.00 e. The van der Waals surface area contributed by atoms with Crippen molar-refractivity contribution < 1.29 is 92.3 Å². The van der Waals surface area contributed by atoms with E-state index in [4.69, 9.17) is 37.9 Å². The number of halogens is 2. The van der Waals surface area contributed by atoms with Gasteiger partial charge in [0, 0.05) is 53.0 Å². The molecule has 0 saturated heterocycles. The Morgan fingerprint density at radius 2 is 0.712 bits per heavy atom. The maximum atomic E-state index is 5.71. The van der Waals surface area contributed by atoms with Crippen molar-refractivity contribution in [3.05, 3.63) is 19.1 Å². The molecule has 1 heterocycles. The Morgan fingerprint density at radius 3 is 1.04 bits per heavy atom. The Bertz CT molecular complexity index is 660. The molecule has 1 aliphatic heterocycles. The summed E-state index contributed by atoms with van der Waals surface area (Å²) in [6, 6.07) is 0. The van der Waals surface area contributed by atoms with Crippen molar-refractivity contribution >= 4 is 0 Å². The van der Waals surface area contributed by atoms with E-state index >= 15 is 0 Å². The van der Waals surface area contributed by atoms with Crippen LogP contribution in [-0.2, 0) is 58.3 Å². The van der Waals surface area contributed by atoms with Gasteiger partial charge >= 0.3 is 0 Å². The molecule has 0 aromatic carbocycles. The molecule has 319 valence electrons. The van der Waals surface area contributed by atoms with E-state index < -0.39 is 0 Å². The van der Waals surface area contributed by atoms with Gasteiger partial charge in [-0.1, -0.05) is 85.5 Å². The van der Waals surface area contributed by atoms with Crippen LogP contribution in [0.4, 0.5) is 0 Å². The summed E-state index contributed by atoms with van der Waals surface area (Å²) in [5.74, 6) is 0. The molecule has 1 aliphatic rings. The molecular weight excluding hydrogens is 893 g/mol. The topological polar surface area (TPSA) is 83.6 Å². The first-order valence-electron chi connectivity index (χ1n) is 19.5. The molecule has 0 fully saturated rings. The zero-order valence-electron chi connectivity index (χ0n) is 33.6. The van der Waals surface area contributed by atoms with Crippen LogP contribution in [0.1, 0.15) is 91.9 Å². The minimum atomic E-state index is 0. The molecule has 0 aromatic rings. The van der Waals surface area contributed by atoms with E-state index in [1.54, 1.807) is 7.11 Å². The minimum Gasteiger partial charge on any atom is -1.00 e. The number of methoxy groups -OCH3 is 1. The van der Waals surface area contributed by atoms with Crippen molar-refractivity contribution in [2.75, 3.05) is 139 Å². The van der Waals surface area contributed by atoms with Crippen LogP contribution >= 0.6 is 0 Å². The van der Waals surface area contributed by atoms with Crippen molar-refractivity contribution in [2.45, 2.75) is 91.9 Å². The van der Waals surface area contributed by atoms with Gasteiger partial charge in [-0.15, -0.1) is 0 Å². The van der Waals surface area contributed by atoms with Gasteiger partial charge < -0.3 is 86.6 Å². The van der Waals surface area contributed by atoms with Gasteiger partial charge in [-0.2, -0.15) is 0 Å². The molecule has 0 aliphatic carbocycles. The second kappa shape index (κ2) is 51.6.